The van der Waals surface area contributed by atoms with Crippen LogP contribution in [0.3, 0.4) is 0 Å². The average molecular weight is 519 g/mol. The molecule has 3 aromatic carbocycles. The summed E-state index contributed by atoms with van der Waals surface area (Å²) >= 11 is 1.64. The van der Waals surface area contributed by atoms with E-state index >= 15 is 0 Å². The average Bonchev–Trinajstić information content (AvgIpc) is 2.91. The van der Waals surface area contributed by atoms with Crippen molar-refractivity contribution in [3.05, 3.63) is 90.0 Å². The second-order valence-corrected chi connectivity index (χ2v) is 10.1. The van der Waals surface area contributed by atoms with E-state index in [1.807, 2.05) is 78.6 Å². The number of nitrogens with one attached hydrogen (secondary N) is 1. The third kappa shape index (κ3) is 9.96. The summed E-state index contributed by atoms with van der Waals surface area (Å²) in [7, 11) is 0. The van der Waals surface area contributed by atoms with E-state index in [0.29, 0.717) is 19.7 Å². The monoisotopic (exact) mass is 518 g/mol. The highest BCUT2D eigenvalue weighted by Gasteiger charge is 2.16. The van der Waals surface area contributed by atoms with Crippen molar-refractivity contribution in [2.75, 3.05) is 18.1 Å². The van der Waals surface area contributed by atoms with Crippen LogP contribution < -0.4 is 10.2 Å². The number of carbonyl (C=O) groups is 2. The maximum Gasteiger partial charge on any atom is 0.322 e. The minimum absolute atomic E-state index is 0.0789. The van der Waals surface area contributed by atoms with E-state index in [9.17, 15) is 9.59 Å². The molecule has 0 radical (unpaired) electrons. The number of esters is 1. The third-order valence-corrected chi connectivity index (χ3v) is 6.96. The van der Waals surface area contributed by atoms with Crippen LogP contribution in [0.4, 0.5) is 10.5 Å². The minimum atomic E-state index is -0.212. The lowest BCUT2D eigenvalue weighted by atomic mass is 10.1. The fourth-order valence-electron chi connectivity index (χ4n) is 4.00. The number of benzene rings is 3. The number of anilines is 1. The lowest BCUT2D eigenvalue weighted by Crippen LogP contribution is -2.40. The molecule has 0 saturated heterocycles. The molecule has 0 spiro atoms. The van der Waals surface area contributed by atoms with E-state index in [2.05, 4.69) is 24.4 Å². The number of hydrogen-bond donors (Lipinski definition) is 1. The Bertz CT molecular complexity index is 1100. The van der Waals surface area contributed by atoms with Gasteiger partial charge in [-0.05, 0) is 54.8 Å². The van der Waals surface area contributed by atoms with Crippen LogP contribution in [0.15, 0.2) is 88.7 Å². The zero-order valence-electron chi connectivity index (χ0n) is 21.9. The number of nitrogens with zero attached hydrogens (tertiary/aromatic N) is 1. The topological polar surface area (TPSA) is 58.6 Å². The fourth-order valence-corrected chi connectivity index (χ4v) is 4.87. The van der Waals surface area contributed by atoms with Gasteiger partial charge in [-0.3, -0.25) is 9.69 Å². The number of urea groups is 1. The molecule has 0 aliphatic rings. The molecular weight excluding hydrogens is 480 g/mol. The first kappa shape index (κ1) is 28.3. The molecule has 0 aromatic heterocycles. The van der Waals surface area contributed by atoms with Crippen molar-refractivity contribution in [1.82, 2.24) is 5.32 Å². The number of hydrogen-bond acceptors (Lipinski definition) is 4. The predicted molar refractivity (Wildman–Crippen MR) is 152 cm³/mol. The first-order valence-corrected chi connectivity index (χ1v) is 14.0. The number of unbranched alkanes of at least 4 members (excludes halogenated alkanes) is 4. The Hall–Kier alpha value is -3.25. The zero-order valence-corrected chi connectivity index (χ0v) is 22.8. The summed E-state index contributed by atoms with van der Waals surface area (Å²) in [6.45, 7) is 5.59. The molecule has 0 bridgehead atoms. The molecule has 1 N–H and O–H groups in total. The minimum Gasteiger partial charge on any atom is -0.466 e. The normalized spacial score (nSPS) is 10.6. The van der Waals surface area contributed by atoms with Crippen LogP contribution in [0.2, 0.25) is 0 Å². The van der Waals surface area contributed by atoms with Gasteiger partial charge in [0.05, 0.1) is 13.0 Å². The van der Waals surface area contributed by atoms with Crippen LogP contribution in [0, 0.1) is 0 Å². The summed E-state index contributed by atoms with van der Waals surface area (Å²) in [5.41, 5.74) is 2.90. The standard InChI is InChI=1S/C31H38N2O3S/c1-3-5-6-7-11-21-33(31(35)32-24-26-13-9-8-10-14-26)27-15-12-16-29(23-27)37-28-19-17-25(18-20-28)22-30(34)36-4-2/h8-10,12-20,23H,3-7,11,21-22,24H2,1-2H3,(H,32,35). The van der Waals surface area contributed by atoms with Gasteiger partial charge < -0.3 is 10.1 Å². The van der Waals surface area contributed by atoms with Crippen molar-refractivity contribution in [1.29, 1.82) is 0 Å². The van der Waals surface area contributed by atoms with Gasteiger partial charge in [0, 0.05) is 28.6 Å². The Morgan fingerprint density at radius 3 is 2.30 bits per heavy atom. The van der Waals surface area contributed by atoms with E-state index in [1.54, 1.807) is 11.8 Å². The first-order valence-electron chi connectivity index (χ1n) is 13.2. The van der Waals surface area contributed by atoms with Crippen molar-refractivity contribution in [3.63, 3.8) is 0 Å². The summed E-state index contributed by atoms with van der Waals surface area (Å²) in [6.07, 6.45) is 5.98. The molecule has 3 rings (SSSR count). The highest BCUT2D eigenvalue weighted by Crippen LogP contribution is 2.31. The molecule has 3 aromatic rings. The molecule has 0 heterocycles. The Balaban J connectivity index is 1.67. The van der Waals surface area contributed by atoms with Crippen molar-refractivity contribution in [2.24, 2.45) is 0 Å². The Kier molecular flexibility index (Phi) is 12.1. The van der Waals surface area contributed by atoms with E-state index < -0.39 is 0 Å². The quantitative estimate of drug-likeness (QED) is 0.176. The lowest BCUT2D eigenvalue weighted by Gasteiger charge is -2.24. The fraction of sp³-hybridized carbons (Fsp3) is 0.355. The van der Waals surface area contributed by atoms with Crippen LogP contribution in [-0.2, 0) is 22.5 Å². The van der Waals surface area contributed by atoms with Crippen LogP contribution in [0.5, 0.6) is 0 Å². The van der Waals surface area contributed by atoms with Crippen LogP contribution >= 0.6 is 11.8 Å². The maximum atomic E-state index is 13.2. The van der Waals surface area contributed by atoms with Gasteiger partial charge in [-0.25, -0.2) is 4.79 Å². The summed E-state index contributed by atoms with van der Waals surface area (Å²) in [5.74, 6) is -0.212. The summed E-state index contributed by atoms with van der Waals surface area (Å²) in [5, 5.41) is 3.09. The SMILES string of the molecule is CCCCCCCN(C(=O)NCc1ccccc1)c1cccc(Sc2ccc(CC(=O)OCC)cc2)c1. The van der Waals surface area contributed by atoms with Crippen molar-refractivity contribution >= 4 is 29.4 Å². The molecule has 196 valence electrons. The molecule has 0 aliphatic heterocycles. The number of carbonyl (C=O) groups excluding carboxylic acids is 2. The first-order chi connectivity index (χ1) is 18.1. The Labute approximate surface area is 225 Å². The largest absolute Gasteiger partial charge is 0.466 e. The summed E-state index contributed by atoms with van der Waals surface area (Å²) in [4.78, 5) is 29.0. The molecule has 0 atom stereocenters. The third-order valence-electron chi connectivity index (χ3n) is 5.96. The summed E-state index contributed by atoms with van der Waals surface area (Å²) < 4.78 is 5.03. The summed E-state index contributed by atoms with van der Waals surface area (Å²) in [6, 6.07) is 26.0. The number of amides is 2. The van der Waals surface area contributed by atoms with Crippen molar-refractivity contribution in [2.45, 2.75) is 68.7 Å². The molecule has 0 aliphatic carbocycles. The molecule has 37 heavy (non-hydrogen) atoms. The van der Waals surface area contributed by atoms with Gasteiger partial charge >= 0.3 is 12.0 Å². The van der Waals surface area contributed by atoms with Crippen LogP contribution in [0.1, 0.15) is 57.1 Å². The molecule has 0 unspecified atom stereocenters. The molecule has 6 heteroatoms. The van der Waals surface area contributed by atoms with Crippen LogP contribution in [-0.4, -0.2) is 25.2 Å². The van der Waals surface area contributed by atoms with Gasteiger partial charge in [0.1, 0.15) is 0 Å². The van der Waals surface area contributed by atoms with Gasteiger partial charge in [-0.1, -0.05) is 92.9 Å². The van der Waals surface area contributed by atoms with E-state index in [-0.39, 0.29) is 18.4 Å². The Morgan fingerprint density at radius 1 is 0.811 bits per heavy atom. The van der Waals surface area contributed by atoms with Gasteiger partial charge in [0.25, 0.3) is 0 Å². The van der Waals surface area contributed by atoms with E-state index in [0.717, 1.165) is 39.4 Å². The maximum absolute atomic E-state index is 13.2. The predicted octanol–water partition coefficient (Wildman–Crippen LogP) is 7.63. The van der Waals surface area contributed by atoms with E-state index in [4.69, 9.17) is 4.74 Å². The van der Waals surface area contributed by atoms with Gasteiger partial charge in [0.2, 0.25) is 0 Å². The highest BCUT2D eigenvalue weighted by atomic mass is 32.2. The molecule has 2 amide bonds. The number of rotatable bonds is 14. The molecule has 5 nitrogen and oxygen atoms in total. The van der Waals surface area contributed by atoms with Crippen molar-refractivity contribution < 1.29 is 14.3 Å². The molecular formula is C31H38N2O3S. The Morgan fingerprint density at radius 2 is 1.57 bits per heavy atom. The smallest absolute Gasteiger partial charge is 0.322 e. The molecule has 0 saturated carbocycles. The molecule has 0 fully saturated rings. The van der Waals surface area contributed by atoms with Gasteiger partial charge in [0.15, 0.2) is 0 Å². The second kappa shape index (κ2) is 15.8. The highest BCUT2D eigenvalue weighted by molar-refractivity contribution is 7.99. The lowest BCUT2D eigenvalue weighted by molar-refractivity contribution is -0.142. The van der Waals surface area contributed by atoms with Gasteiger partial charge in [-0.15, -0.1) is 0 Å². The van der Waals surface area contributed by atoms with E-state index in [1.165, 1.54) is 19.3 Å². The number of ether oxygens (including phenoxy) is 1. The van der Waals surface area contributed by atoms with Crippen LogP contribution in [0.25, 0.3) is 0 Å². The zero-order chi connectivity index (χ0) is 26.3. The van der Waals surface area contributed by atoms with Gasteiger partial charge in [-0.2, -0.15) is 0 Å². The second-order valence-electron chi connectivity index (χ2n) is 8.94. The van der Waals surface area contributed by atoms with Crippen molar-refractivity contribution in [3.8, 4) is 0 Å².